The molecule has 11 heteroatoms. The third-order valence-corrected chi connectivity index (χ3v) is 6.07. The Kier molecular flexibility index (Phi) is 6.54. The maximum absolute atomic E-state index is 14.3. The maximum atomic E-state index is 14.3. The van der Waals surface area contributed by atoms with Gasteiger partial charge in [0.05, 0.1) is 29.6 Å². The second kappa shape index (κ2) is 9.40. The summed E-state index contributed by atoms with van der Waals surface area (Å²) < 4.78 is 52.7. The number of carbonyl (C=O) groups is 1. The zero-order valence-electron chi connectivity index (χ0n) is 18.7. The highest BCUT2D eigenvalue weighted by Crippen LogP contribution is 2.30. The van der Waals surface area contributed by atoms with E-state index >= 15 is 0 Å². The number of alkyl halides is 3. The average molecular weight is 476 g/mol. The summed E-state index contributed by atoms with van der Waals surface area (Å²) in [6, 6.07) is 4.47. The molecule has 0 aliphatic carbocycles. The van der Waals surface area contributed by atoms with E-state index in [2.05, 4.69) is 20.5 Å². The van der Waals surface area contributed by atoms with Gasteiger partial charge in [-0.2, -0.15) is 28.2 Å². The second-order valence-corrected chi connectivity index (χ2v) is 8.43. The molecule has 2 aromatic heterocycles. The number of piperidine rings is 1. The summed E-state index contributed by atoms with van der Waals surface area (Å²) >= 11 is 0. The number of benzene rings is 1. The molecular formula is C23H24F4N6O. The maximum Gasteiger partial charge on any atom is 0.417 e. The molecule has 2 atom stereocenters. The van der Waals surface area contributed by atoms with Crippen molar-refractivity contribution in [2.75, 3.05) is 18.4 Å². The highest BCUT2D eigenvalue weighted by atomic mass is 19.4. The van der Waals surface area contributed by atoms with Crippen LogP contribution in [-0.4, -0.2) is 49.9 Å². The van der Waals surface area contributed by atoms with E-state index in [1.807, 2.05) is 6.92 Å². The fourth-order valence-corrected chi connectivity index (χ4v) is 4.34. The molecule has 1 amide bonds. The molecule has 3 aromatic rings. The van der Waals surface area contributed by atoms with E-state index in [0.29, 0.717) is 17.8 Å². The Labute approximate surface area is 193 Å². The largest absolute Gasteiger partial charge is 0.417 e. The number of likely N-dealkylation sites (tertiary alicyclic amines) is 1. The third kappa shape index (κ3) is 4.87. The first-order valence-electron chi connectivity index (χ1n) is 10.9. The van der Waals surface area contributed by atoms with Crippen molar-refractivity contribution in [1.29, 1.82) is 0 Å². The van der Waals surface area contributed by atoms with Gasteiger partial charge in [0.15, 0.2) is 0 Å². The van der Waals surface area contributed by atoms with E-state index < -0.39 is 17.6 Å². The molecular weight excluding hydrogens is 452 g/mol. The first-order valence-corrected chi connectivity index (χ1v) is 10.9. The van der Waals surface area contributed by atoms with Crippen LogP contribution in [0.15, 0.2) is 42.9 Å². The number of hydrogen-bond donors (Lipinski definition) is 1. The van der Waals surface area contributed by atoms with Gasteiger partial charge in [-0.25, -0.2) is 9.37 Å². The van der Waals surface area contributed by atoms with Crippen LogP contribution in [0.3, 0.4) is 0 Å². The number of rotatable bonds is 5. The quantitative estimate of drug-likeness (QED) is 0.550. The predicted octanol–water partition coefficient (Wildman–Crippen LogP) is 4.48. The van der Waals surface area contributed by atoms with Gasteiger partial charge in [-0.3, -0.25) is 4.79 Å². The van der Waals surface area contributed by atoms with Gasteiger partial charge in [0.2, 0.25) is 0 Å². The molecule has 0 saturated carbocycles. The predicted molar refractivity (Wildman–Crippen MR) is 117 cm³/mol. The van der Waals surface area contributed by atoms with E-state index in [4.69, 9.17) is 0 Å². The zero-order chi connectivity index (χ0) is 24.5. The fraction of sp³-hybridized carbons (Fsp3) is 0.391. The van der Waals surface area contributed by atoms with E-state index in [9.17, 15) is 22.4 Å². The molecule has 3 heterocycles. The normalized spacial score (nSPS) is 18.7. The van der Waals surface area contributed by atoms with Crippen molar-refractivity contribution < 1.29 is 22.4 Å². The standard InChI is InChI=1S/C23H24F4N6O/c1-14-4-3-9-32(19(14)13-29-20-6-5-16(12-28-20)23(25,26)27)22(34)18-11-17(24)10-15(2)21(18)33-30-7-8-31-33/h5-8,10-12,14,19H,3-4,9,13H2,1-2H3,(H,28,29). The summed E-state index contributed by atoms with van der Waals surface area (Å²) in [5.41, 5.74) is 0.251. The van der Waals surface area contributed by atoms with Gasteiger partial charge in [0.25, 0.3) is 5.91 Å². The molecule has 2 unspecified atom stereocenters. The third-order valence-electron chi connectivity index (χ3n) is 6.07. The van der Waals surface area contributed by atoms with Crippen LogP contribution >= 0.6 is 0 Å². The van der Waals surface area contributed by atoms with Crippen molar-refractivity contribution in [2.24, 2.45) is 5.92 Å². The van der Waals surface area contributed by atoms with Crippen LogP contribution in [0.5, 0.6) is 0 Å². The van der Waals surface area contributed by atoms with Gasteiger partial charge in [0.1, 0.15) is 17.3 Å². The number of aryl methyl sites for hydroxylation is 1. The van der Waals surface area contributed by atoms with Crippen LogP contribution in [0.1, 0.15) is 41.3 Å². The van der Waals surface area contributed by atoms with Crippen LogP contribution < -0.4 is 5.32 Å². The van der Waals surface area contributed by atoms with E-state index in [1.165, 1.54) is 35.4 Å². The molecule has 180 valence electrons. The van der Waals surface area contributed by atoms with Gasteiger partial charge < -0.3 is 10.2 Å². The van der Waals surface area contributed by atoms with E-state index in [-0.39, 0.29) is 35.8 Å². The second-order valence-electron chi connectivity index (χ2n) is 8.43. The molecule has 34 heavy (non-hydrogen) atoms. The monoisotopic (exact) mass is 476 g/mol. The van der Waals surface area contributed by atoms with Crippen LogP contribution in [0.2, 0.25) is 0 Å². The lowest BCUT2D eigenvalue weighted by Gasteiger charge is -2.40. The molecule has 0 spiro atoms. The molecule has 1 N–H and O–H groups in total. The molecule has 0 radical (unpaired) electrons. The minimum Gasteiger partial charge on any atom is -0.368 e. The molecule has 4 rings (SSSR count). The Bertz CT molecular complexity index is 1150. The number of carbonyl (C=O) groups excluding carboxylic acids is 1. The summed E-state index contributed by atoms with van der Waals surface area (Å²) in [5, 5.41) is 11.3. The summed E-state index contributed by atoms with van der Waals surface area (Å²) in [5.74, 6) is -0.499. The van der Waals surface area contributed by atoms with Crippen molar-refractivity contribution in [3.63, 3.8) is 0 Å². The van der Waals surface area contributed by atoms with Gasteiger partial charge >= 0.3 is 6.18 Å². The number of amides is 1. The highest BCUT2D eigenvalue weighted by molar-refractivity contribution is 5.98. The van der Waals surface area contributed by atoms with Crippen molar-refractivity contribution in [1.82, 2.24) is 24.9 Å². The van der Waals surface area contributed by atoms with Crippen LogP contribution in [0.25, 0.3) is 5.69 Å². The smallest absolute Gasteiger partial charge is 0.368 e. The highest BCUT2D eigenvalue weighted by Gasteiger charge is 2.34. The minimum atomic E-state index is -4.46. The summed E-state index contributed by atoms with van der Waals surface area (Å²) in [7, 11) is 0. The Morgan fingerprint density at radius 2 is 1.94 bits per heavy atom. The number of nitrogens with zero attached hydrogens (tertiary/aromatic N) is 5. The molecule has 1 aromatic carbocycles. The van der Waals surface area contributed by atoms with Crippen molar-refractivity contribution in [2.45, 2.75) is 38.9 Å². The zero-order valence-corrected chi connectivity index (χ0v) is 18.7. The molecule has 7 nitrogen and oxygen atoms in total. The molecule has 1 aliphatic heterocycles. The first-order chi connectivity index (χ1) is 16.1. The number of nitrogens with one attached hydrogen (secondary N) is 1. The van der Waals surface area contributed by atoms with Crippen LogP contribution in [0, 0.1) is 18.7 Å². The fourth-order valence-electron chi connectivity index (χ4n) is 4.34. The first kappa shape index (κ1) is 23.7. The van der Waals surface area contributed by atoms with Crippen molar-refractivity contribution in [3.8, 4) is 5.69 Å². The van der Waals surface area contributed by atoms with Crippen molar-refractivity contribution >= 4 is 11.7 Å². The topological polar surface area (TPSA) is 75.9 Å². The Hall–Kier alpha value is -3.50. The van der Waals surface area contributed by atoms with Crippen LogP contribution in [-0.2, 0) is 6.18 Å². The summed E-state index contributed by atoms with van der Waals surface area (Å²) in [4.78, 5) is 20.5. The van der Waals surface area contributed by atoms with Crippen LogP contribution in [0.4, 0.5) is 23.4 Å². The average Bonchev–Trinajstić information content (AvgIpc) is 3.31. The number of halogens is 4. The van der Waals surface area contributed by atoms with E-state index in [1.54, 1.807) is 11.8 Å². The van der Waals surface area contributed by atoms with E-state index in [0.717, 1.165) is 25.1 Å². The Morgan fingerprint density at radius 1 is 1.21 bits per heavy atom. The number of hydrogen-bond acceptors (Lipinski definition) is 5. The SMILES string of the molecule is Cc1cc(F)cc(C(=O)N2CCCC(C)C2CNc2ccc(C(F)(F)F)cn2)c1-n1nccn1. The number of pyridine rings is 1. The lowest BCUT2D eigenvalue weighted by Crippen LogP contribution is -2.51. The Morgan fingerprint density at radius 3 is 2.59 bits per heavy atom. The molecule has 1 fully saturated rings. The lowest BCUT2D eigenvalue weighted by molar-refractivity contribution is -0.137. The molecule has 1 aliphatic rings. The number of aromatic nitrogens is 4. The van der Waals surface area contributed by atoms with Crippen molar-refractivity contribution in [3.05, 3.63) is 65.4 Å². The molecule has 0 bridgehead atoms. The summed E-state index contributed by atoms with van der Waals surface area (Å²) in [6.45, 7) is 4.46. The van der Waals surface area contributed by atoms with Gasteiger partial charge in [-0.05, 0) is 55.5 Å². The lowest BCUT2D eigenvalue weighted by atomic mass is 9.89. The van der Waals surface area contributed by atoms with Gasteiger partial charge in [-0.15, -0.1) is 0 Å². The molecule has 1 saturated heterocycles. The Balaban J connectivity index is 1.59. The van der Waals surface area contributed by atoms with Gasteiger partial charge in [0, 0.05) is 19.3 Å². The number of anilines is 1. The van der Waals surface area contributed by atoms with Gasteiger partial charge in [-0.1, -0.05) is 6.92 Å². The summed E-state index contributed by atoms with van der Waals surface area (Å²) in [6.07, 6.45) is 0.927. The minimum absolute atomic E-state index is 0.112.